The molecule has 0 spiro atoms. The zero-order valence-corrected chi connectivity index (χ0v) is 20.1. The molecule has 2 aromatic heterocycles. The topological polar surface area (TPSA) is 75.2 Å². The molecule has 2 heterocycles. The van der Waals surface area contributed by atoms with Crippen LogP contribution >= 0.6 is 23.1 Å². The number of nitrogens with one attached hydrogen (secondary N) is 1. The van der Waals surface area contributed by atoms with E-state index in [1.165, 1.54) is 11.8 Å². The van der Waals surface area contributed by atoms with Gasteiger partial charge in [-0.2, -0.15) is 0 Å². The molecule has 0 aliphatic heterocycles. The molecule has 0 saturated carbocycles. The molecular weight excluding hydrogens is 452 g/mol. The second kappa shape index (κ2) is 10.6. The predicted molar refractivity (Wildman–Crippen MR) is 136 cm³/mol. The molecule has 0 saturated heterocycles. The Morgan fingerprint density at radius 1 is 0.970 bits per heavy atom. The van der Waals surface area contributed by atoms with Gasteiger partial charge in [-0.25, -0.2) is 9.97 Å². The molecule has 2 aromatic carbocycles. The largest absolute Gasteiger partial charge is 0.339 e. The van der Waals surface area contributed by atoms with Gasteiger partial charge in [-0.1, -0.05) is 36.0 Å². The lowest BCUT2D eigenvalue weighted by molar-refractivity contribution is -0.113. The first kappa shape index (κ1) is 22.9. The molecule has 0 radical (unpaired) electrons. The predicted octanol–water partition coefficient (Wildman–Crippen LogP) is 5.57. The first-order valence-corrected chi connectivity index (χ1v) is 12.6. The van der Waals surface area contributed by atoms with E-state index in [2.05, 4.69) is 10.3 Å². The van der Waals surface area contributed by atoms with Crippen LogP contribution in [-0.2, 0) is 4.79 Å². The third-order valence-corrected chi connectivity index (χ3v) is 6.97. The number of amides is 2. The SMILES string of the molecule is CCN(CC)C(=O)c1ccc(NC(=O)CSc2nc(-c3cccs3)nc3ccccc23)cc1. The number of thiophene rings is 1. The number of benzene rings is 2. The zero-order valence-electron chi connectivity index (χ0n) is 18.4. The van der Waals surface area contributed by atoms with Gasteiger partial charge in [0.2, 0.25) is 5.91 Å². The van der Waals surface area contributed by atoms with Crippen molar-refractivity contribution in [3.05, 3.63) is 71.6 Å². The fraction of sp³-hybridized carbons (Fsp3) is 0.200. The molecule has 0 aliphatic carbocycles. The molecule has 33 heavy (non-hydrogen) atoms. The smallest absolute Gasteiger partial charge is 0.253 e. The lowest BCUT2D eigenvalue weighted by Gasteiger charge is -2.18. The van der Waals surface area contributed by atoms with Crippen LogP contribution in [0.1, 0.15) is 24.2 Å². The van der Waals surface area contributed by atoms with Crippen molar-refractivity contribution in [3.8, 4) is 10.7 Å². The number of nitrogens with zero attached hydrogens (tertiary/aromatic N) is 3. The van der Waals surface area contributed by atoms with Crippen LogP contribution in [0.5, 0.6) is 0 Å². The Bertz CT molecular complexity index is 1250. The summed E-state index contributed by atoms with van der Waals surface area (Å²) >= 11 is 2.97. The van der Waals surface area contributed by atoms with E-state index >= 15 is 0 Å². The Labute approximate surface area is 201 Å². The summed E-state index contributed by atoms with van der Waals surface area (Å²) in [5.41, 5.74) is 2.12. The minimum Gasteiger partial charge on any atom is -0.339 e. The number of carbonyl (C=O) groups is 2. The van der Waals surface area contributed by atoms with Gasteiger partial charge in [-0.15, -0.1) is 11.3 Å². The summed E-state index contributed by atoms with van der Waals surface area (Å²) in [6, 6.07) is 18.8. The summed E-state index contributed by atoms with van der Waals surface area (Å²) in [6.45, 7) is 5.24. The van der Waals surface area contributed by atoms with Gasteiger partial charge >= 0.3 is 0 Å². The molecule has 2 amide bonds. The molecule has 0 bridgehead atoms. The highest BCUT2D eigenvalue weighted by Gasteiger charge is 2.14. The van der Waals surface area contributed by atoms with Crippen LogP contribution in [0.3, 0.4) is 0 Å². The molecule has 6 nitrogen and oxygen atoms in total. The first-order valence-electron chi connectivity index (χ1n) is 10.7. The number of hydrogen-bond acceptors (Lipinski definition) is 6. The Morgan fingerprint density at radius 3 is 2.42 bits per heavy atom. The van der Waals surface area contributed by atoms with E-state index in [9.17, 15) is 9.59 Å². The average Bonchev–Trinajstić information content (AvgIpc) is 3.39. The molecule has 8 heteroatoms. The summed E-state index contributed by atoms with van der Waals surface area (Å²) in [7, 11) is 0. The van der Waals surface area contributed by atoms with Crippen molar-refractivity contribution in [1.82, 2.24) is 14.9 Å². The van der Waals surface area contributed by atoms with Crippen LogP contribution in [-0.4, -0.2) is 45.5 Å². The maximum Gasteiger partial charge on any atom is 0.253 e. The summed E-state index contributed by atoms with van der Waals surface area (Å²) in [4.78, 5) is 37.2. The number of para-hydroxylation sites is 1. The molecule has 4 aromatic rings. The Hall–Kier alpha value is -3.23. The summed E-state index contributed by atoms with van der Waals surface area (Å²) < 4.78 is 0. The van der Waals surface area contributed by atoms with Gasteiger partial charge < -0.3 is 10.2 Å². The highest BCUT2D eigenvalue weighted by Crippen LogP contribution is 2.30. The second-order valence-electron chi connectivity index (χ2n) is 7.24. The van der Waals surface area contributed by atoms with E-state index in [0.717, 1.165) is 20.8 Å². The summed E-state index contributed by atoms with van der Waals surface area (Å²) in [6.07, 6.45) is 0. The lowest BCUT2D eigenvalue weighted by Crippen LogP contribution is -2.30. The Balaban J connectivity index is 1.44. The van der Waals surface area contributed by atoms with E-state index in [-0.39, 0.29) is 17.6 Å². The Morgan fingerprint density at radius 2 is 1.73 bits per heavy atom. The highest BCUT2D eigenvalue weighted by atomic mass is 32.2. The van der Waals surface area contributed by atoms with E-state index < -0.39 is 0 Å². The van der Waals surface area contributed by atoms with Crippen molar-refractivity contribution in [3.63, 3.8) is 0 Å². The van der Waals surface area contributed by atoms with E-state index in [1.807, 2.05) is 55.6 Å². The van der Waals surface area contributed by atoms with E-state index in [0.29, 0.717) is 30.2 Å². The van der Waals surface area contributed by atoms with Crippen LogP contribution in [0.15, 0.2) is 71.1 Å². The minimum atomic E-state index is -0.136. The number of thioether (sulfide) groups is 1. The number of rotatable bonds is 8. The van der Waals surface area contributed by atoms with Crippen LogP contribution in [0, 0.1) is 0 Å². The van der Waals surface area contributed by atoms with Gasteiger partial charge in [-0.05, 0) is 55.6 Å². The van der Waals surface area contributed by atoms with Crippen LogP contribution in [0.25, 0.3) is 21.6 Å². The van der Waals surface area contributed by atoms with Crippen molar-refractivity contribution < 1.29 is 9.59 Å². The van der Waals surface area contributed by atoms with Gasteiger partial charge in [0.1, 0.15) is 5.03 Å². The molecule has 0 unspecified atom stereocenters. The van der Waals surface area contributed by atoms with Gasteiger partial charge in [0, 0.05) is 29.7 Å². The summed E-state index contributed by atoms with van der Waals surface area (Å²) in [5.74, 6) is 0.735. The van der Waals surface area contributed by atoms with Gasteiger partial charge in [0.25, 0.3) is 5.91 Å². The number of carbonyl (C=O) groups excluding carboxylic acids is 2. The molecule has 0 fully saturated rings. The lowest BCUT2D eigenvalue weighted by atomic mass is 10.2. The van der Waals surface area contributed by atoms with Gasteiger partial charge in [0.05, 0.1) is 16.1 Å². The van der Waals surface area contributed by atoms with E-state index in [1.54, 1.807) is 40.5 Å². The number of hydrogen-bond donors (Lipinski definition) is 1. The third-order valence-electron chi connectivity index (χ3n) is 5.12. The fourth-order valence-electron chi connectivity index (χ4n) is 3.39. The second-order valence-corrected chi connectivity index (χ2v) is 9.15. The maximum atomic E-state index is 12.6. The molecule has 0 atom stereocenters. The van der Waals surface area contributed by atoms with Crippen molar-refractivity contribution in [2.75, 3.05) is 24.2 Å². The molecular formula is C25H24N4O2S2. The van der Waals surface area contributed by atoms with E-state index in [4.69, 9.17) is 4.98 Å². The molecule has 0 aliphatic rings. The monoisotopic (exact) mass is 476 g/mol. The van der Waals surface area contributed by atoms with Crippen molar-refractivity contribution in [1.29, 1.82) is 0 Å². The molecule has 1 N–H and O–H groups in total. The third kappa shape index (κ3) is 5.40. The number of fused-ring (bicyclic) bond motifs is 1. The Kier molecular flexibility index (Phi) is 7.36. The number of aromatic nitrogens is 2. The first-order chi connectivity index (χ1) is 16.1. The van der Waals surface area contributed by atoms with Gasteiger partial charge in [0.15, 0.2) is 5.82 Å². The zero-order chi connectivity index (χ0) is 23.2. The van der Waals surface area contributed by atoms with Crippen LogP contribution in [0.4, 0.5) is 5.69 Å². The molecule has 4 rings (SSSR count). The molecule has 168 valence electrons. The quantitative estimate of drug-likeness (QED) is 0.266. The normalized spacial score (nSPS) is 10.8. The van der Waals surface area contributed by atoms with Crippen molar-refractivity contribution in [2.45, 2.75) is 18.9 Å². The minimum absolute atomic E-state index is 0.00869. The standard InChI is InChI=1S/C25H24N4O2S2/c1-3-29(4-2)25(31)17-11-13-18(14-12-17)26-22(30)16-33-24-19-8-5-6-9-20(19)27-23(28-24)21-10-7-15-32-21/h5-15H,3-4,16H2,1-2H3,(H,26,30). The fourth-order valence-corrected chi connectivity index (χ4v) is 4.87. The van der Waals surface area contributed by atoms with Crippen molar-refractivity contribution >= 4 is 51.5 Å². The van der Waals surface area contributed by atoms with Crippen molar-refractivity contribution in [2.24, 2.45) is 0 Å². The number of anilines is 1. The average molecular weight is 477 g/mol. The van der Waals surface area contributed by atoms with Crippen LogP contribution < -0.4 is 5.32 Å². The maximum absolute atomic E-state index is 12.6. The van der Waals surface area contributed by atoms with Gasteiger partial charge in [-0.3, -0.25) is 9.59 Å². The highest BCUT2D eigenvalue weighted by molar-refractivity contribution is 8.00. The van der Waals surface area contributed by atoms with Crippen LogP contribution in [0.2, 0.25) is 0 Å². The summed E-state index contributed by atoms with van der Waals surface area (Å²) in [5, 5.41) is 6.60.